The van der Waals surface area contributed by atoms with Gasteiger partial charge in [-0.25, -0.2) is 0 Å². The van der Waals surface area contributed by atoms with E-state index in [9.17, 15) is 0 Å². The van der Waals surface area contributed by atoms with Crippen molar-refractivity contribution in [3.05, 3.63) is 49.1 Å². The molecule has 1 unspecified atom stereocenters. The van der Waals surface area contributed by atoms with Crippen LogP contribution in [0.5, 0.6) is 5.75 Å². The Morgan fingerprint density at radius 2 is 2.17 bits per heavy atom. The second kappa shape index (κ2) is 5.04. The van der Waals surface area contributed by atoms with E-state index in [-0.39, 0.29) is 5.38 Å². The van der Waals surface area contributed by atoms with E-state index in [1.54, 1.807) is 11.3 Å². The van der Waals surface area contributed by atoms with Crippen molar-refractivity contribution in [2.75, 3.05) is 6.61 Å². The maximum Gasteiger partial charge on any atom is 0.122 e. The van der Waals surface area contributed by atoms with Crippen molar-refractivity contribution in [3.63, 3.8) is 0 Å². The molecule has 2 heterocycles. The Kier molecular flexibility index (Phi) is 3.59. The molecular weight excluding hydrogens is 355 g/mol. The van der Waals surface area contributed by atoms with E-state index >= 15 is 0 Å². The van der Waals surface area contributed by atoms with Crippen LogP contribution in [-0.4, -0.2) is 6.61 Å². The molecule has 0 amide bonds. The fraction of sp³-hybridized carbons (Fsp3) is 0.231. The first kappa shape index (κ1) is 12.8. The summed E-state index contributed by atoms with van der Waals surface area (Å²) in [4.78, 5) is 1.05. The number of thiophene rings is 1. The van der Waals surface area contributed by atoms with Crippen molar-refractivity contribution in [2.24, 2.45) is 0 Å². The molecule has 94 valence electrons. The summed E-state index contributed by atoms with van der Waals surface area (Å²) in [5, 5.41) is 0.551. The van der Waals surface area contributed by atoms with Crippen LogP contribution in [0.3, 0.4) is 0 Å². The van der Waals surface area contributed by atoms with Gasteiger partial charge in [-0.15, -0.1) is 22.9 Å². The molecule has 0 spiro atoms. The van der Waals surface area contributed by atoms with Gasteiger partial charge in [-0.3, -0.25) is 0 Å². The molecule has 5 heteroatoms. The zero-order chi connectivity index (χ0) is 12.7. The highest BCUT2D eigenvalue weighted by atomic mass is 79.9. The van der Waals surface area contributed by atoms with E-state index in [4.69, 9.17) is 27.9 Å². The van der Waals surface area contributed by atoms with E-state index in [0.29, 0.717) is 5.02 Å². The minimum Gasteiger partial charge on any atom is -0.493 e. The van der Waals surface area contributed by atoms with Crippen molar-refractivity contribution in [1.82, 2.24) is 0 Å². The van der Waals surface area contributed by atoms with Gasteiger partial charge in [0.2, 0.25) is 0 Å². The Morgan fingerprint density at radius 3 is 2.89 bits per heavy atom. The van der Waals surface area contributed by atoms with Crippen molar-refractivity contribution in [1.29, 1.82) is 0 Å². The molecule has 2 aromatic rings. The van der Waals surface area contributed by atoms with Gasteiger partial charge in [0.15, 0.2) is 0 Å². The van der Waals surface area contributed by atoms with Crippen LogP contribution in [0.25, 0.3) is 0 Å². The summed E-state index contributed by atoms with van der Waals surface area (Å²) in [6.07, 6.45) is 0.960. The Hall–Kier alpha value is -0.220. The third-order valence-corrected chi connectivity index (χ3v) is 6.08. The molecule has 0 N–H and O–H groups in total. The van der Waals surface area contributed by atoms with Crippen LogP contribution < -0.4 is 4.74 Å². The number of ether oxygens (including phenoxy) is 1. The molecule has 1 aliphatic heterocycles. The molecule has 0 aliphatic carbocycles. The SMILES string of the molecule is Clc1cc(C(Cl)c2ccc3c(c2)CCO3)sc1Br. The standard InChI is InChI=1S/C13H9BrCl2OS/c14-13-9(15)6-11(18-13)12(16)8-1-2-10-7(5-8)3-4-17-10/h1-2,5-6,12H,3-4H2. The molecule has 18 heavy (non-hydrogen) atoms. The Balaban J connectivity index is 1.94. The molecule has 3 rings (SSSR count). The monoisotopic (exact) mass is 362 g/mol. The number of hydrogen-bond donors (Lipinski definition) is 0. The van der Waals surface area contributed by atoms with Crippen molar-refractivity contribution in [2.45, 2.75) is 11.8 Å². The summed E-state index contributed by atoms with van der Waals surface area (Å²) < 4.78 is 6.42. The summed E-state index contributed by atoms with van der Waals surface area (Å²) in [5.74, 6) is 0.980. The average molecular weight is 364 g/mol. The predicted molar refractivity (Wildman–Crippen MR) is 80.4 cm³/mol. The minimum absolute atomic E-state index is 0.162. The van der Waals surface area contributed by atoms with Gasteiger partial charge in [0.25, 0.3) is 0 Å². The van der Waals surface area contributed by atoms with E-state index in [0.717, 1.165) is 33.0 Å². The third-order valence-electron chi connectivity index (χ3n) is 2.92. The van der Waals surface area contributed by atoms with Gasteiger partial charge in [-0.1, -0.05) is 23.7 Å². The average Bonchev–Trinajstić information content (AvgIpc) is 2.95. The van der Waals surface area contributed by atoms with Gasteiger partial charge in [0, 0.05) is 11.3 Å². The van der Waals surface area contributed by atoms with Crippen LogP contribution >= 0.6 is 50.5 Å². The molecule has 0 bridgehead atoms. The summed E-state index contributed by atoms with van der Waals surface area (Å²) in [7, 11) is 0. The first-order valence-corrected chi connectivity index (χ1v) is 7.92. The highest BCUT2D eigenvalue weighted by molar-refractivity contribution is 9.11. The summed E-state index contributed by atoms with van der Waals surface area (Å²) in [5.41, 5.74) is 2.33. The van der Waals surface area contributed by atoms with Gasteiger partial charge >= 0.3 is 0 Å². The predicted octanol–water partition coefficient (Wildman–Crippen LogP) is 5.43. The Morgan fingerprint density at radius 1 is 1.33 bits per heavy atom. The lowest BCUT2D eigenvalue weighted by Gasteiger charge is -2.09. The number of hydrogen-bond acceptors (Lipinski definition) is 2. The van der Waals surface area contributed by atoms with Crippen molar-refractivity contribution < 1.29 is 4.74 Å². The molecule has 1 atom stereocenters. The van der Waals surface area contributed by atoms with Crippen LogP contribution in [0.15, 0.2) is 28.1 Å². The van der Waals surface area contributed by atoms with Crippen LogP contribution in [0.4, 0.5) is 0 Å². The van der Waals surface area contributed by atoms with Crippen molar-refractivity contribution >= 4 is 50.5 Å². The Labute approximate surface area is 128 Å². The van der Waals surface area contributed by atoms with Gasteiger partial charge in [-0.05, 0) is 39.2 Å². The lowest BCUT2D eigenvalue weighted by Crippen LogP contribution is -1.91. The van der Waals surface area contributed by atoms with E-state index < -0.39 is 0 Å². The highest BCUT2D eigenvalue weighted by Gasteiger charge is 2.19. The van der Waals surface area contributed by atoms with Gasteiger partial charge < -0.3 is 4.74 Å². The molecule has 1 aliphatic rings. The molecule has 1 aromatic heterocycles. The molecule has 1 aromatic carbocycles. The smallest absolute Gasteiger partial charge is 0.122 e. The zero-order valence-electron chi connectivity index (χ0n) is 9.25. The topological polar surface area (TPSA) is 9.23 Å². The number of benzene rings is 1. The number of halogens is 3. The van der Waals surface area contributed by atoms with Crippen molar-refractivity contribution in [3.8, 4) is 5.75 Å². The molecule has 0 radical (unpaired) electrons. The molecule has 1 nitrogen and oxygen atoms in total. The first-order valence-electron chi connectivity index (χ1n) is 5.49. The second-order valence-corrected chi connectivity index (χ2v) is 7.34. The summed E-state index contributed by atoms with van der Waals surface area (Å²) in [6, 6.07) is 8.06. The van der Waals surface area contributed by atoms with Gasteiger partial charge in [-0.2, -0.15) is 0 Å². The van der Waals surface area contributed by atoms with Crippen LogP contribution in [-0.2, 0) is 6.42 Å². The normalized spacial score (nSPS) is 15.3. The van der Waals surface area contributed by atoms with Gasteiger partial charge in [0.05, 0.1) is 20.8 Å². The lowest BCUT2D eigenvalue weighted by atomic mass is 10.1. The molecule has 0 saturated heterocycles. The van der Waals surface area contributed by atoms with Gasteiger partial charge in [0.1, 0.15) is 5.75 Å². The highest BCUT2D eigenvalue weighted by Crippen LogP contribution is 2.41. The maximum atomic E-state index is 6.51. The number of alkyl halides is 1. The third kappa shape index (κ3) is 2.29. The number of fused-ring (bicyclic) bond motifs is 1. The lowest BCUT2D eigenvalue weighted by molar-refractivity contribution is 0.357. The second-order valence-electron chi connectivity index (χ2n) is 4.10. The quantitative estimate of drug-likeness (QED) is 0.646. The molecule has 0 saturated carbocycles. The largest absolute Gasteiger partial charge is 0.493 e. The molecular formula is C13H9BrCl2OS. The fourth-order valence-corrected chi connectivity index (χ4v) is 4.10. The molecule has 0 fully saturated rings. The van der Waals surface area contributed by atoms with Crippen LogP contribution in [0.1, 0.15) is 21.4 Å². The Bertz CT molecular complexity index is 577. The fourth-order valence-electron chi connectivity index (χ4n) is 2.02. The van der Waals surface area contributed by atoms with Crippen LogP contribution in [0.2, 0.25) is 5.02 Å². The summed E-state index contributed by atoms with van der Waals surface area (Å²) in [6.45, 7) is 0.766. The van der Waals surface area contributed by atoms with E-state index in [1.165, 1.54) is 5.56 Å². The van der Waals surface area contributed by atoms with E-state index in [2.05, 4.69) is 22.0 Å². The first-order chi connectivity index (χ1) is 8.65. The zero-order valence-corrected chi connectivity index (χ0v) is 13.2. The van der Waals surface area contributed by atoms with E-state index in [1.807, 2.05) is 18.2 Å². The maximum absolute atomic E-state index is 6.51. The van der Waals surface area contributed by atoms with Crippen LogP contribution in [0, 0.1) is 0 Å². The summed E-state index contributed by atoms with van der Waals surface area (Å²) >= 11 is 17.5. The minimum atomic E-state index is -0.162. The number of rotatable bonds is 2.